The lowest BCUT2D eigenvalue weighted by Crippen LogP contribution is -2.69. The van der Waals surface area contributed by atoms with E-state index < -0.39 is 29.6 Å². The normalized spacial score (nSPS) is 19.6. The van der Waals surface area contributed by atoms with E-state index in [1.807, 2.05) is 54.7 Å². The predicted molar refractivity (Wildman–Crippen MR) is 274 cm³/mol. The van der Waals surface area contributed by atoms with Crippen LogP contribution in [-0.2, 0) is 41.8 Å². The van der Waals surface area contributed by atoms with Crippen LogP contribution in [0.3, 0.4) is 0 Å². The number of aromatic nitrogens is 1. The minimum absolute atomic E-state index is 0.0783. The molecule has 0 spiro atoms. The molecule has 7 rings (SSSR count). The van der Waals surface area contributed by atoms with Crippen molar-refractivity contribution in [2.45, 2.75) is 76.3 Å². The summed E-state index contributed by atoms with van der Waals surface area (Å²) in [5, 5.41) is 14.0. The number of anilines is 1. The lowest BCUT2D eigenvalue weighted by molar-refractivity contribution is -0.909. The van der Waals surface area contributed by atoms with Crippen LogP contribution in [0, 0.1) is 0 Å². The highest BCUT2D eigenvalue weighted by atomic mass is 35.5. The number of amides is 4. The van der Waals surface area contributed by atoms with E-state index in [2.05, 4.69) is 37.8 Å². The van der Waals surface area contributed by atoms with Crippen molar-refractivity contribution >= 4 is 83.4 Å². The first kappa shape index (κ1) is 53.3. The highest BCUT2D eigenvalue weighted by Crippen LogP contribution is 2.38. The van der Waals surface area contributed by atoms with Gasteiger partial charge in [0, 0.05) is 47.9 Å². The van der Waals surface area contributed by atoms with Gasteiger partial charge in [-0.1, -0.05) is 41.0 Å². The first-order valence-corrected chi connectivity index (χ1v) is 25.4. The number of halogens is 1. The molecule has 3 aliphatic rings. The number of ether oxygens (including phenoxy) is 5. The van der Waals surface area contributed by atoms with E-state index in [1.54, 1.807) is 63.8 Å². The van der Waals surface area contributed by atoms with Crippen molar-refractivity contribution < 1.29 is 61.6 Å². The van der Waals surface area contributed by atoms with Crippen LogP contribution in [0.15, 0.2) is 83.0 Å². The third-order valence-electron chi connectivity index (χ3n) is 11.8. The number of oxime groups is 1. The van der Waals surface area contributed by atoms with Gasteiger partial charge < -0.3 is 53.2 Å². The second kappa shape index (κ2) is 23.8. The summed E-state index contributed by atoms with van der Waals surface area (Å²) in [6.07, 6.45) is 2.47. The number of fused-ring (bicyclic) bond motifs is 1. The average molecular weight is 1050 g/mol. The average Bonchev–Trinajstić information content (AvgIpc) is 3.82. The molecule has 2 saturated heterocycles. The van der Waals surface area contributed by atoms with E-state index in [-0.39, 0.29) is 76.6 Å². The number of piperidine rings is 1. The standard InChI is InChI=1S/C49H57BClN7O12S2/c1-49(2,3)69-48(63)55-47-53-37(28-72-47)41(56-68-20-17-40(59)70-50)44(61)54-42-45(62)57-23-31(27-71-46(42)57)24-58(4)18-15-32(16-19-58)52-43(60)35-21-38(66-25-29-7-11-33(64-5)12-8-29)39(22-36(35)51)67-26-30-9-13-34(65-6)14-10-30/h7-14,21-23,28,32,42,46H,15-20,24-27,50H2,1-6H3,(H2-,52,53,54,55,60,61,63)/p+1/b56-41-/t32?,42-,46-,58?/m1/s1. The summed E-state index contributed by atoms with van der Waals surface area (Å²) >= 11 is 9.37. The Morgan fingerprint density at radius 1 is 0.931 bits per heavy atom. The molecule has 4 heterocycles. The van der Waals surface area contributed by atoms with E-state index in [1.165, 1.54) is 13.4 Å². The van der Waals surface area contributed by atoms with Crippen molar-refractivity contribution in [2.75, 3.05) is 58.6 Å². The highest BCUT2D eigenvalue weighted by molar-refractivity contribution is 8.00. The molecular formula is C49H58BClN7O12S2+. The summed E-state index contributed by atoms with van der Waals surface area (Å²) in [4.78, 5) is 76.4. The summed E-state index contributed by atoms with van der Waals surface area (Å²) in [5.41, 5.74) is 2.23. The minimum atomic E-state index is -0.851. The van der Waals surface area contributed by atoms with Gasteiger partial charge in [-0.05, 0) is 62.2 Å². The van der Waals surface area contributed by atoms with Crippen LogP contribution >= 0.6 is 34.7 Å². The van der Waals surface area contributed by atoms with Gasteiger partial charge in [0.05, 0.1) is 51.4 Å². The lowest BCUT2D eigenvalue weighted by atomic mass is 10.0. The van der Waals surface area contributed by atoms with Crippen molar-refractivity contribution in [3.05, 3.63) is 105 Å². The Kier molecular flexibility index (Phi) is 17.6. The van der Waals surface area contributed by atoms with E-state index >= 15 is 0 Å². The van der Waals surface area contributed by atoms with Crippen molar-refractivity contribution in [1.29, 1.82) is 0 Å². The minimum Gasteiger partial charge on any atom is -0.543 e. The molecule has 3 aliphatic heterocycles. The Morgan fingerprint density at radius 2 is 1.56 bits per heavy atom. The van der Waals surface area contributed by atoms with Crippen molar-refractivity contribution in [3.8, 4) is 23.0 Å². The first-order chi connectivity index (χ1) is 34.4. The molecule has 3 aromatic carbocycles. The van der Waals surface area contributed by atoms with Crippen LogP contribution in [0.1, 0.15) is 67.2 Å². The number of nitrogens with zero attached hydrogens (tertiary/aromatic N) is 4. The van der Waals surface area contributed by atoms with Crippen LogP contribution in [0.2, 0.25) is 5.02 Å². The number of quaternary nitrogens is 1. The number of likely N-dealkylation sites (N-methyl/N-ethyl adjacent to an activating group) is 1. The SMILES string of the molecule is BOC(=O)CCO/N=C(\C(=O)N[C@@H]1C(=O)N2C=C(C[N+]3(C)CCC(NC(=O)c4cc(OCc5ccc(OC)cc5)c(OCc5ccc(OC)cc5)cc4Cl)CC3)CS[C@H]12)c1csc(NC(=O)OC(C)(C)C)n1. The van der Waals surface area contributed by atoms with Gasteiger partial charge in [-0.25, -0.2) is 9.78 Å². The number of methoxy groups -OCH3 is 2. The molecule has 3 N–H and O–H groups in total. The molecule has 1 aromatic heterocycles. The Morgan fingerprint density at radius 3 is 2.15 bits per heavy atom. The molecule has 0 bridgehead atoms. The fourth-order valence-electron chi connectivity index (χ4n) is 7.98. The quantitative estimate of drug-likeness (QED) is 0.0237. The summed E-state index contributed by atoms with van der Waals surface area (Å²) in [7, 11) is 6.63. The first-order valence-electron chi connectivity index (χ1n) is 23.1. The molecule has 0 radical (unpaired) electrons. The van der Waals surface area contributed by atoms with Crippen molar-refractivity contribution in [1.82, 2.24) is 20.5 Å². The Balaban J connectivity index is 0.939. The van der Waals surface area contributed by atoms with Crippen molar-refractivity contribution in [3.63, 3.8) is 0 Å². The van der Waals surface area contributed by atoms with Gasteiger partial charge in [0.1, 0.15) is 60.6 Å². The number of thioether (sulfide) groups is 1. The number of hydrogen-bond donors (Lipinski definition) is 3. The van der Waals surface area contributed by atoms with Gasteiger partial charge in [-0.15, -0.1) is 23.1 Å². The zero-order chi connectivity index (χ0) is 51.6. The zero-order valence-electron chi connectivity index (χ0n) is 41.1. The molecule has 72 heavy (non-hydrogen) atoms. The van der Waals surface area contributed by atoms with E-state index in [0.717, 1.165) is 65.5 Å². The Hall–Kier alpha value is -6.49. The number of carbonyl (C=O) groups excluding carboxylic acids is 5. The Labute approximate surface area is 431 Å². The van der Waals surface area contributed by atoms with Gasteiger partial charge in [-0.3, -0.25) is 24.5 Å². The van der Waals surface area contributed by atoms with Crippen LogP contribution in [0.25, 0.3) is 0 Å². The van der Waals surface area contributed by atoms with Crippen LogP contribution in [-0.4, -0.2) is 134 Å². The van der Waals surface area contributed by atoms with Crippen LogP contribution in [0.5, 0.6) is 23.0 Å². The van der Waals surface area contributed by atoms with Gasteiger partial charge in [0.25, 0.3) is 23.7 Å². The molecule has 2 atom stereocenters. The van der Waals surface area contributed by atoms with Gasteiger partial charge >= 0.3 is 14.1 Å². The number of benzene rings is 3. The van der Waals surface area contributed by atoms with Gasteiger partial charge in [0.15, 0.2) is 22.3 Å². The fourth-order valence-corrected chi connectivity index (χ4v) is 10.2. The maximum absolute atomic E-state index is 13.9. The number of β-lactam (4-membered cyclic amide) rings is 1. The van der Waals surface area contributed by atoms with E-state index in [0.29, 0.717) is 28.3 Å². The van der Waals surface area contributed by atoms with Gasteiger partial charge in [-0.2, -0.15) is 0 Å². The monoisotopic (exact) mass is 1050 g/mol. The zero-order valence-corrected chi connectivity index (χ0v) is 43.5. The molecule has 382 valence electrons. The summed E-state index contributed by atoms with van der Waals surface area (Å²) < 4.78 is 33.7. The summed E-state index contributed by atoms with van der Waals surface area (Å²) in [5.74, 6) is 1.000. The van der Waals surface area contributed by atoms with E-state index in [4.69, 9.17) is 40.1 Å². The summed E-state index contributed by atoms with van der Waals surface area (Å²) in [6, 6.07) is 17.3. The second-order valence-corrected chi connectivity index (χ2v) is 20.8. The lowest BCUT2D eigenvalue weighted by Gasteiger charge is -2.48. The molecular weight excluding hydrogens is 989 g/mol. The van der Waals surface area contributed by atoms with Crippen molar-refractivity contribution in [2.24, 2.45) is 5.16 Å². The fraction of sp³-hybridized carbons (Fsp3) is 0.408. The number of carbonyl (C=O) groups is 5. The number of likely N-dealkylation sites (tertiary alicyclic amines) is 1. The maximum atomic E-state index is 13.9. The van der Waals surface area contributed by atoms with Gasteiger partial charge in [0.2, 0.25) is 0 Å². The number of hydrogen-bond acceptors (Lipinski definition) is 16. The molecule has 0 saturated carbocycles. The highest BCUT2D eigenvalue weighted by Gasteiger charge is 2.50. The Bertz CT molecular complexity index is 2670. The molecule has 0 unspecified atom stereocenters. The predicted octanol–water partition coefficient (Wildman–Crippen LogP) is 5.84. The third-order valence-corrected chi connectivity index (χ3v) is 14.3. The largest absolute Gasteiger partial charge is 0.543 e. The molecule has 23 heteroatoms. The number of thiazole rings is 1. The topological polar surface area (TPSA) is 215 Å². The molecule has 2 fully saturated rings. The van der Waals surface area contributed by atoms with Crippen LogP contribution in [0.4, 0.5) is 9.93 Å². The van der Waals surface area contributed by atoms with E-state index in [9.17, 15) is 24.0 Å². The molecule has 19 nitrogen and oxygen atoms in total. The number of nitrogens with one attached hydrogen (secondary N) is 3. The smallest absolute Gasteiger partial charge is 0.413 e. The molecule has 0 aliphatic carbocycles. The molecule has 4 amide bonds. The summed E-state index contributed by atoms with van der Waals surface area (Å²) in [6.45, 7) is 7.69. The second-order valence-electron chi connectivity index (χ2n) is 18.5. The number of rotatable bonds is 20. The third kappa shape index (κ3) is 14.1. The van der Waals surface area contributed by atoms with Crippen LogP contribution < -0.4 is 34.9 Å². The molecule has 4 aromatic rings. The maximum Gasteiger partial charge on any atom is 0.413 e.